The molecular weight excluding hydrogens is 300 g/mol. The van der Waals surface area contributed by atoms with E-state index in [2.05, 4.69) is 5.32 Å². The van der Waals surface area contributed by atoms with E-state index in [-0.39, 0.29) is 30.8 Å². The van der Waals surface area contributed by atoms with Gasteiger partial charge in [-0.15, -0.1) is 0 Å². The first-order chi connectivity index (χ1) is 10.7. The molecular formula is C16H22N2O5. The molecule has 0 aliphatic carbocycles. The molecule has 0 atom stereocenters. The monoisotopic (exact) mass is 322 g/mol. The van der Waals surface area contributed by atoms with E-state index in [0.717, 1.165) is 0 Å². The molecule has 7 nitrogen and oxygen atoms in total. The fourth-order valence-corrected chi connectivity index (χ4v) is 1.84. The zero-order valence-electron chi connectivity index (χ0n) is 13.5. The topological polar surface area (TPSA) is 95.9 Å². The van der Waals surface area contributed by atoms with Gasteiger partial charge >= 0.3 is 12.1 Å². The van der Waals surface area contributed by atoms with Crippen molar-refractivity contribution < 1.29 is 19.4 Å². The zero-order valence-corrected chi connectivity index (χ0v) is 13.5. The van der Waals surface area contributed by atoms with Gasteiger partial charge in [0.1, 0.15) is 12.1 Å². The van der Waals surface area contributed by atoms with Crippen LogP contribution in [0.2, 0.25) is 0 Å². The number of nitrogens with zero attached hydrogens (tertiary/aromatic N) is 1. The minimum absolute atomic E-state index is 0.153. The number of hydrogen-bond acceptors (Lipinski definition) is 5. The van der Waals surface area contributed by atoms with E-state index in [1.54, 1.807) is 45.0 Å². The highest BCUT2D eigenvalue weighted by Gasteiger charge is 2.17. The predicted octanol–water partition coefficient (Wildman–Crippen LogP) is 1.46. The van der Waals surface area contributed by atoms with Crippen LogP contribution < -0.4 is 15.6 Å². The standard InChI is InChI=1S/C16H22N2O5/c1-16(2,3)23-15(22)17-9-10-18(11-14(20)21)12-7-5-4-6-8-13(12)19/h4-8H,9-11H2,1-3H3,(H,17,22)(H,20,21). The maximum absolute atomic E-state index is 12.0. The molecule has 0 aliphatic heterocycles. The zero-order chi connectivity index (χ0) is 17.5. The summed E-state index contributed by atoms with van der Waals surface area (Å²) in [4.78, 5) is 36.0. The number of alkyl carbamates (subject to hydrolysis) is 1. The number of nitrogens with one attached hydrogen (secondary N) is 1. The number of ether oxygens (including phenoxy) is 1. The molecule has 0 heterocycles. The molecule has 0 spiro atoms. The van der Waals surface area contributed by atoms with E-state index >= 15 is 0 Å². The minimum Gasteiger partial charge on any atom is -0.480 e. The van der Waals surface area contributed by atoms with Crippen LogP contribution in [0.1, 0.15) is 20.8 Å². The van der Waals surface area contributed by atoms with Crippen molar-refractivity contribution in [2.45, 2.75) is 26.4 Å². The Bertz CT molecular complexity index is 610. The Morgan fingerprint density at radius 1 is 1.22 bits per heavy atom. The Balaban J connectivity index is 2.74. The van der Waals surface area contributed by atoms with Crippen LogP contribution in [0, 0.1) is 0 Å². The molecule has 1 aromatic carbocycles. The highest BCUT2D eigenvalue weighted by molar-refractivity contribution is 5.73. The van der Waals surface area contributed by atoms with Crippen LogP contribution in [0.4, 0.5) is 10.5 Å². The van der Waals surface area contributed by atoms with Crippen LogP contribution in [0.3, 0.4) is 0 Å². The SMILES string of the molecule is CC(C)(C)OC(=O)NCCN(CC(=O)O)c1cccccc1=O. The summed E-state index contributed by atoms with van der Waals surface area (Å²) in [5, 5.41) is 11.5. The summed E-state index contributed by atoms with van der Waals surface area (Å²) in [5.74, 6) is -1.06. The molecule has 7 heteroatoms. The van der Waals surface area contributed by atoms with Gasteiger partial charge < -0.3 is 20.1 Å². The molecule has 0 saturated heterocycles. The molecule has 0 saturated carbocycles. The molecule has 0 radical (unpaired) electrons. The molecule has 0 aliphatic rings. The van der Waals surface area contributed by atoms with Crippen LogP contribution in [0.15, 0.2) is 35.1 Å². The molecule has 0 unspecified atom stereocenters. The number of carbonyl (C=O) groups is 2. The third-order valence-electron chi connectivity index (χ3n) is 2.69. The fourth-order valence-electron chi connectivity index (χ4n) is 1.84. The molecule has 126 valence electrons. The van der Waals surface area contributed by atoms with Crippen molar-refractivity contribution in [3.63, 3.8) is 0 Å². The lowest BCUT2D eigenvalue weighted by Gasteiger charge is -2.23. The van der Waals surface area contributed by atoms with Crippen LogP contribution >= 0.6 is 0 Å². The average molecular weight is 322 g/mol. The lowest BCUT2D eigenvalue weighted by Crippen LogP contribution is -2.41. The number of carboxylic acid groups (broad SMARTS) is 1. The van der Waals surface area contributed by atoms with Gasteiger partial charge in [0.2, 0.25) is 5.43 Å². The molecule has 23 heavy (non-hydrogen) atoms. The van der Waals surface area contributed by atoms with Crippen LogP contribution in [-0.4, -0.2) is 42.4 Å². The summed E-state index contributed by atoms with van der Waals surface area (Å²) >= 11 is 0. The van der Waals surface area contributed by atoms with E-state index in [0.29, 0.717) is 0 Å². The van der Waals surface area contributed by atoms with Crippen molar-refractivity contribution in [3.05, 3.63) is 40.6 Å². The first kappa shape index (κ1) is 18.5. The number of carboxylic acids is 1. The third kappa shape index (κ3) is 7.30. The van der Waals surface area contributed by atoms with Crippen LogP contribution in [-0.2, 0) is 9.53 Å². The van der Waals surface area contributed by atoms with E-state index in [9.17, 15) is 14.4 Å². The molecule has 0 bridgehead atoms. The van der Waals surface area contributed by atoms with Crippen molar-refractivity contribution in [1.29, 1.82) is 0 Å². The van der Waals surface area contributed by atoms with Gasteiger partial charge in [-0.1, -0.05) is 18.2 Å². The second kappa shape index (κ2) is 8.17. The second-order valence-corrected chi connectivity index (χ2v) is 5.90. The van der Waals surface area contributed by atoms with Crippen molar-refractivity contribution in [2.24, 2.45) is 0 Å². The maximum Gasteiger partial charge on any atom is 0.407 e. The lowest BCUT2D eigenvalue weighted by molar-refractivity contribution is -0.135. The fraction of sp³-hybridized carbons (Fsp3) is 0.438. The maximum atomic E-state index is 12.0. The average Bonchev–Trinajstić information content (AvgIpc) is 2.59. The van der Waals surface area contributed by atoms with Crippen molar-refractivity contribution >= 4 is 17.7 Å². The van der Waals surface area contributed by atoms with Crippen LogP contribution in [0.25, 0.3) is 0 Å². The lowest BCUT2D eigenvalue weighted by atomic mass is 10.2. The number of hydrogen-bond donors (Lipinski definition) is 2. The molecule has 1 aromatic rings. The van der Waals surface area contributed by atoms with E-state index < -0.39 is 17.7 Å². The number of carbonyl (C=O) groups excluding carboxylic acids is 1. The first-order valence-electron chi connectivity index (χ1n) is 7.22. The van der Waals surface area contributed by atoms with Gasteiger partial charge in [0, 0.05) is 13.1 Å². The number of aliphatic carboxylic acids is 1. The Morgan fingerprint density at radius 2 is 1.87 bits per heavy atom. The third-order valence-corrected chi connectivity index (χ3v) is 2.69. The van der Waals surface area contributed by atoms with Gasteiger partial charge in [-0.25, -0.2) is 4.79 Å². The number of anilines is 1. The smallest absolute Gasteiger partial charge is 0.407 e. The largest absolute Gasteiger partial charge is 0.480 e. The number of amides is 1. The van der Waals surface area contributed by atoms with Crippen molar-refractivity contribution in [2.75, 3.05) is 24.5 Å². The van der Waals surface area contributed by atoms with E-state index in [1.165, 1.54) is 11.0 Å². The van der Waals surface area contributed by atoms with Gasteiger partial charge in [-0.3, -0.25) is 9.59 Å². The summed E-state index contributed by atoms with van der Waals surface area (Å²) in [7, 11) is 0. The normalized spacial score (nSPS) is 10.7. The predicted molar refractivity (Wildman–Crippen MR) is 86.8 cm³/mol. The van der Waals surface area contributed by atoms with Gasteiger partial charge in [0.05, 0.1) is 5.69 Å². The highest BCUT2D eigenvalue weighted by Crippen LogP contribution is 2.07. The summed E-state index contributed by atoms with van der Waals surface area (Å²) in [6.07, 6.45) is -0.589. The highest BCUT2D eigenvalue weighted by atomic mass is 16.6. The Labute approximate surface area is 134 Å². The van der Waals surface area contributed by atoms with Gasteiger partial charge in [-0.05, 0) is 32.9 Å². The second-order valence-electron chi connectivity index (χ2n) is 5.90. The number of rotatable bonds is 6. The minimum atomic E-state index is -1.06. The Kier molecular flexibility index (Phi) is 6.56. The summed E-state index contributed by atoms with van der Waals surface area (Å²) < 4.78 is 5.10. The molecule has 1 rings (SSSR count). The molecule has 0 fully saturated rings. The summed E-state index contributed by atoms with van der Waals surface area (Å²) in [6, 6.07) is 7.85. The Hall–Kier alpha value is -2.57. The first-order valence-corrected chi connectivity index (χ1v) is 7.22. The summed E-state index contributed by atoms with van der Waals surface area (Å²) in [6.45, 7) is 5.23. The van der Waals surface area contributed by atoms with E-state index in [1.807, 2.05) is 0 Å². The van der Waals surface area contributed by atoms with Gasteiger partial charge in [0.15, 0.2) is 0 Å². The molecule has 2 N–H and O–H groups in total. The molecule has 0 aromatic heterocycles. The Morgan fingerprint density at radius 3 is 2.48 bits per heavy atom. The van der Waals surface area contributed by atoms with Crippen LogP contribution in [0.5, 0.6) is 0 Å². The quantitative estimate of drug-likeness (QED) is 0.823. The van der Waals surface area contributed by atoms with Crippen molar-refractivity contribution in [3.8, 4) is 0 Å². The van der Waals surface area contributed by atoms with Gasteiger partial charge in [-0.2, -0.15) is 0 Å². The van der Waals surface area contributed by atoms with E-state index in [4.69, 9.17) is 9.84 Å². The van der Waals surface area contributed by atoms with Gasteiger partial charge in [0.25, 0.3) is 0 Å². The summed E-state index contributed by atoms with van der Waals surface area (Å²) in [5.41, 5.74) is -0.628. The van der Waals surface area contributed by atoms with Crippen molar-refractivity contribution in [1.82, 2.24) is 5.32 Å². The molecule has 1 amide bonds.